The van der Waals surface area contributed by atoms with E-state index < -0.39 is 0 Å². The third-order valence-corrected chi connectivity index (χ3v) is 3.86. The molecule has 2 N–H and O–H groups in total. The van der Waals surface area contributed by atoms with E-state index in [0.717, 1.165) is 17.0 Å². The van der Waals surface area contributed by atoms with E-state index in [0.29, 0.717) is 37.4 Å². The number of nitrogens with one attached hydrogen (secondary N) is 2. The second kappa shape index (κ2) is 8.37. The van der Waals surface area contributed by atoms with Crippen LogP contribution in [0.4, 0.5) is 0 Å². The molecule has 0 aromatic carbocycles. The Morgan fingerprint density at radius 1 is 1.42 bits per heavy atom. The van der Waals surface area contributed by atoms with E-state index in [-0.39, 0.29) is 11.9 Å². The summed E-state index contributed by atoms with van der Waals surface area (Å²) >= 11 is 0. The first kappa shape index (κ1) is 17.8. The third kappa shape index (κ3) is 4.98. The first-order chi connectivity index (χ1) is 12.6. The second-order valence-electron chi connectivity index (χ2n) is 6.32. The molecule has 0 unspecified atom stereocenters. The number of carbonyl (C=O) groups is 1. The minimum Gasteiger partial charge on any atom is -0.353 e. The van der Waals surface area contributed by atoms with Gasteiger partial charge in [0.2, 0.25) is 17.6 Å². The fourth-order valence-corrected chi connectivity index (χ4v) is 2.66. The highest BCUT2D eigenvalue weighted by atomic mass is 16.5. The molecule has 0 aliphatic carbocycles. The number of H-pyrrole nitrogens is 1. The normalized spacial score (nSPS) is 12.1. The van der Waals surface area contributed by atoms with Crippen molar-refractivity contribution in [2.24, 2.45) is 0 Å². The van der Waals surface area contributed by atoms with Crippen LogP contribution in [0, 0.1) is 6.92 Å². The maximum Gasteiger partial charge on any atom is 0.226 e. The van der Waals surface area contributed by atoms with E-state index >= 15 is 0 Å². The van der Waals surface area contributed by atoms with E-state index in [2.05, 4.69) is 30.6 Å². The first-order valence-electron chi connectivity index (χ1n) is 8.63. The quantitative estimate of drug-likeness (QED) is 0.642. The average molecular weight is 354 g/mol. The van der Waals surface area contributed by atoms with Crippen molar-refractivity contribution in [2.45, 2.75) is 45.6 Å². The minimum atomic E-state index is 0.0109. The first-order valence-corrected chi connectivity index (χ1v) is 8.63. The van der Waals surface area contributed by atoms with Crippen molar-refractivity contribution in [3.8, 4) is 11.4 Å². The van der Waals surface area contributed by atoms with Gasteiger partial charge in [0, 0.05) is 49.0 Å². The lowest BCUT2D eigenvalue weighted by molar-refractivity contribution is -0.121. The summed E-state index contributed by atoms with van der Waals surface area (Å²) in [6, 6.07) is 5.71. The lowest BCUT2D eigenvalue weighted by Gasteiger charge is -2.12. The van der Waals surface area contributed by atoms with Crippen LogP contribution < -0.4 is 5.32 Å². The van der Waals surface area contributed by atoms with Crippen LogP contribution in [-0.4, -0.2) is 37.3 Å². The molecule has 1 amide bonds. The summed E-state index contributed by atoms with van der Waals surface area (Å²) in [4.78, 5) is 20.4. The monoisotopic (exact) mass is 354 g/mol. The Kier molecular flexibility index (Phi) is 5.73. The van der Waals surface area contributed by atoms with Gasteiger partial charge in [-0.3, -0.25) is 14.9 Å². The smallest absolute Gasteiger partial charge is 0.226 e. The molecule has 0 radical (unpaired) electrons. The predicted molar refractivity (Wildman–Crippen MR) is 95.1 cm³/mol. The number of rotatable bonds is 8. The third-order valence-electron chi connectivity index (χ3n) is 3.86. The molecule has 3 rings (SSSR count). The SMILES string of the molecule is Cc1cc(C[C@H](C)NC(=O)CCCc2nc(-c3cccnc3)no2)n[nH]1. The lowest BCUT2D eigenvalue weighted by Crippen LogP contribution is -2.34. The summed E-state index contributed by atoms with van der Waals surface area (Å²) in [6.45, 7) is 3.93. The fraction of sp³-hybridized carbons (Fsp3) is 0.389. The zero-order valence-electron chi connectivity index (χ0n) is 14.9. The van der Waals surface area contributed by atoms with Gasteiger partial charge in [0.25, 0.3) is 0 Å². The van der Waals surface area contributed by atoms with Crippen LogP contribution in [0.15, 0.2) is 35.1 Å². The molecule has 136 valence electrons. The standard InChI is InChI=1S/C18H22N6O2/c1-12(9-15-10-13(2)22-23-15)20-16(25)6-3-7-17-21-18(24-26-17)14-5-4-8-19-11-14/h4-5,8,10-12H,3,6-7,9H2,1-2H3,(H,20,25)(H,22,23)/t12-/m0/s1. The van der Waals surface area contributed by atoms with E-state index in [1.54, 1.807) is 12.4 Å². The van der Waals surface area contributed by atoms with Crippen LogP contribution in [0.25, 0.3) is 11.4 Å². The molecule has 26 heavy (non-hydrogen) atoms. The van der Waals surface area contributed by atoms with E-state index in [9.17, 15) is 4.79 Å². The van der Waals surface area contributed by atoms with E-state index in [4.69, 9.17) is 4.52 Å². The van der Waals surface area contributed by atoms with E-state index in [1.165, 1.54) is 0 Å². The van der Waals surface area contributed by atoms with Gasteiger partial charge in [-0.25, -0.2) is 0 Å². The molecule has 0 fully saturated rings. The molecule has 8 heteroatoms. The van der Waals surface area contributed by atoms with E-state index in [1.807, 2.05) is 32.0 Å². The Morgan fingerprint density at radius 2 is 2.31 bits per heavy atom. The van der Waals surface area contributed by atoms with Crippen molar-refractivity contribution in [3.63, 3.8) is 0 Å². The van der Waals surface area contributed by atoms with Crippen LogP contribution in [0.3, 0.4) is 0 Å². The maximum atomic E-state index is 12.1. The minimum absolute atomic E-state index is 0.0109. The van der Waals surface area contributed by atoms with Gasteiger partial charge in [0.05, 0.1) is 5.69 Å². The summed E-state index contributed by atoms with van der Waals surface area (Å²) in [6.07, 6.45) is 5.70. The van der Waals surface area contributed by atoms with Crippen LogP contribution in [-0.2, 0) is 17.6 Å². The van der Waals surface area contributed by atoms with Gasteiger partial charge in [0.1, 0.15) is 0 Å². The fourth-order valence-electron chi connectivity index (χ4n) is 2.66. The molecule has 8 nitrogen and oxygen atoms in total. The topological polar surface area (TPSA) is 110 Å². The predicted octanol–water partition coefficient (Wildman–Crippen LogP) is 2.23. The highest BCUT2D eigenvalue weighted by molar-refractivity contribution is 5.76. The van der Waals surface area contributed by atoms with Crippen molar-refractivity contribution >= 4 is 5.91 Å². The van der Waals surface area contributed by atoms with Crippen molar-refractivity contribution in [1.29, 1.82) is 0 Å². The van der Waals surface area contributed by atoms with Crippen LogP contribution in [0.2, 0.25) is 0 Å². The molecule has 0 spiro atoms. The summed E-state index contributed by atoms with van der Waals surface area (Å²) in [5.41, 5.74) is 2.77. The Bertz CT molecular complexity index is 842. The van der Waals surface area contributed by atoms with Crippen LogP contribution in [0.5, 0.6) is 0 Å². The van der Waals surface area contributed by atoms with Gasteiger partial charge in [-0.2, -0.15) is 10.1 Å². The lowest BCUT2D eigenvalue weighted by atomic mass is 10.1. The molecule has 3 aromatic heterocycles. The number of aryl methyl sites for hydroxylation is 2. The largest absolute Gasteiger partial charge is 0.353 e. The molecular weight excluding hydrogens is 332 g/mol. The number of amides is 1. The summed E-state index contributed by atoms with van der Waals surface area (Å²) in [5.74, 6) is 1.05. The Balaban J connectivity index is 1.40. The maximum absolute atomic E-state index is 12.1. The highest BCUT2D eigenvalue weighted by Crippen LogP contribution is 2.14. The second-order valence-corrected chi connectivity index (χ2v) is 6.32. The Hall–Kier alpha value is -3.03. The van der Waals surface area contributed by atoms with Gasteiger partial charge < -0.3 is 9.84 Å². The van der Waals surface area contributed by atoms with Crippen molar-refractivity contribution < 1.29 is 9.32 Å². The van der Waals surface area contributed by atoms with Gasteiger partial charge in [-0.05, 0) is 38.5 Å². The number of hydrogen-bond donors (Lipinski definition) is 2. The molecule has 3 aromatic rings. The number of carbonyl (C=O) groups excluding carboxylic acids is 1. The molecule has 3 heterocycles. The highest BCUT2D eigenvalue weighted by Gasteiger charge is 2.12. The Morgan fingerprint density at radius 3 is 3.04 bits per heavy atom. The number of aromatic nitrogens is 5. The van der Waals surface area contributed by atoms with Crippen molar-refractivity contribution in [2.75, 3.05) is 0 Å². The summed E-state index contributed by atoms with van der Waals surface area (Å²) in [5, 5.41) is 14.0. The van der Waals surface area contributed by atoms with Gasteiger partial charge in [-0.1, -0.05) is 5.16 Å². The summed E-state index contributed by atoms with van der Waals surface area (Å²) < 4.78 is 5.23. The zero-order chi connectivity index (χ0) is 18.4. The number of nitrogens with zero attached hydrogens (tertiary/aromatic N) is 4. The van der Waals surface area contributed by atoms with Gasteiger partial charge in [-0.15, -0.1) is 0 Å². The molecule has 0 saturated carbocycles. The van der Waals surface area contributed by atoms with Crippen LogP contribution >= 0.6 is 0 Å². The molecule has 0 bridgehead atoms. The Labute approximate surface area is 151 Å². The molecular formula is C18H22N6O2. The van der Waals surface area contributed by atoms with Gasteiger partial charge in [0.15, 0.2) is 0 Å². The molecule has 0 aliphatic heterocycles. The number of hydrogen-bond acceptors (Lipinski definition) is 6. The van der Waals surface area contributed by atoms with Crippen molar-refractivity contribution in [3.05, 3.63) is 47.9 Å². The number of pyridine rings is 1. The van der Waals surface area contributed by atoms with Crippen molar-refractivity contribution in [1.82, 2.24) is 30.6 Å². The zero-order valence-corrected chi connectivity index (χ0v) is 14.9. The molecule has 1 atom stereocenters. The summed E-state index contributed by atoms with van der Waals surface area (Å²) in [7, 11) is 0. The molecule has 0 saturated heterocycles. The average Bonchev–Trinajstić information content (AvgIpc) is 3.25. The molecule has 0 aliphatic rings. The van der Waals surface area contributed by atoms with Crippen LogP contribution in [0.1, 0.15) is 37.0 Å². The van der Waals surface area contributed by atoms with Gasteiger partial charge >= 0.3 is 0 Å². The number of aromatic amines is 1.